The highest BCUT2D eigenvalue weighted by Crippen LogP contribution is 2.29. The van der Waals surface area contributed by atoms with E-state index in [2.05, 4.69) is 4.98 Å². The number of rotatable bonds is 5. The molecular formula is C16H14F3NO3. The number of ether oxygens (including phenoxy) is 2. The topological polar surface area (TPSA) is 48.4 Å². The first-order valence-corrected chi connectivity index (χ1v) is 6.64. The summed E-state index contributed by atoms with van der Waals surface area (Å²) in [7, 11) is 1.50. The maximum absolute atomic E-state index is 12.3. The van der Waals surface area contributed by atoms with Crippen molar-refractivity contribution in [2.75, 3.05) is 13.7 Å². The number of ketones is 1. The molecule has 0 radical (unpaired) electrons. The normalized spacial score (nSPS) is 11.2. The summed E-state index contributed by atoms with van der Waals surface area (Å²) in [6, 6.07) is 6.10. The van der Waals surface area contributed by atoms with Crippen LogP contribution in [0.25, 0.3) is 11.1 Å². The SMILES string of the molecule is COc1cncc(-c2ccc(OCC(F)(F)F)c(C(C)=O)c2)c1. The predicted octanol–water partition coefficient (Wildman–Crippen LogP) is 3.90. The standard InChI is InChI=1S/C16H14F3NO3/c1-10(21)14-6-11(12-5-13(22-2)8-20-7-12)3-4-15(14)23-9-16(17,18)19/h3-8H,9H2,1-2H3. The zero-order chi connectivity index (χ0) is 17.0. The molecule has 0 atom stereocenters. The van der Waals surface area contributed by atoms with E-state index in [0.717, 1.165) is 0 Å². The van der Waals surface area contributed by atoms with E-state index in [1.165, 1.54) is 32.4 Å². The third-order valence-corrected chi connectivity index (χ3v) is 3.03. The summed E-state index contributed by atoms with van der Waals surface area (Å²) in [6.45, 7) is -0.184. The van der Waals surface area contributed by atoms with Crippen molar-refractivity contribution in [3.63, 3.8) is 0 Å². The van der Waals surface area contributed by atoms with Gasteiger partial charge in [-0.1, -0.05) is 6.07 Å². The minimum Gasteiger partial charge on any atom is -0.495 e. The van der Waals surface area contributed by atoms with Gasteiger partial charge in [-0.2, -0.15) is 13.2 Å². The fourth-order valence-corrected chi connectivity index (χ4v) is 1.96. The Labute approximate surface area is 130 Å². The highest BCUT2D eigenvalue weighted by Gasteiger charge is 2.29. The molecule has 2 aromatic rings. The molecule has 2 rings (SSSR count). The first-order valence-electron chi connectivity index (χ1n) is 6.64. The maximum Gasteiger partial charge on any atom is 0.422 e. The molecule has 0 unspecified atom stereocenters. The zero-order valence-electron chi connectivity index (χ0n) is 12.5. The summed E-state index contributed by atoms with van der Waals surface area (Å²) >= 11 is 0. The lowest BCUT2D eigenvalue weighted by atomic mass is 10.0. The van der Waals surface area contributed by atoms with Gasteiger partial charge in [0, 0.05) is 11.8 Å². The van der Waals surface area contributed by atoms with E-state index in [0.29, 0.717) is 16.9 Å². The summed E-state index contributed by atoms with van der Waals surface area (Å²) in [4.78, 5) is 15.7. The molecule has 0 aliphatic carbocycles. The Morgan fingerprint density at radius 1 is 1.17 bits per heavy atom. The van der Waals surface area contributed by atoms with Crippen LogP contribution in [0.4, 0.5) is 13.2 Å². The largest absolute Gasteiger partial charge is 0.495 e. The van der Waals surface area contributed by atoms with Crippen molar-refractivity contribution in [2.45, 2.75) is 13.1 Å². The first-order chi connectivity index (χ1) is 10.8. The molecule has 0 fully saturated rings. The Morgan fingerprint density at radius 3 is 2.52 bits per heavy atom. The Balaban J connectivity index is 2.37. The molecule has 0 aliphatic heterocycles. The van der Waals surface area contributed by atoms with E-state index < -0.39 is 12.8 Å². The van der Waals surface area contributed by atoms with Crippen LogP contribution in [-0.2, 0) is 0 Å². The van der Waals surface area contributed by atoms with Crippen LogP contribution in [0, 0.1) is 0 Å². The van der Waals surface area contributed by atoms with Crippen LogP contribution in [0.15, 0.2) is 36.7 Å². The summed E-state index contributed by atoms with van der Waals surface area (Å²) < 4.78 is 46.6. The molecule has 4 nitrogen and oxygen atoms in total. The molecule has 1 heterocycles. The van der Waals surface area contributed by atoms with Gasteiger partial charge in [-0.25, -0.2) is 0 Å². The van der Waals surface area contributed by atoms with Gasteiger partial charge in [-0.05, 0) is 30.7 Å². The number of methoxy groups -OCH3 is 1. The van der Waals surface area contributed by atoms with Crippen LogP contribution in [0.3, 0.4) is 0 Å². The number of pyridine rings is 1. The minimum absolute atomic E-state index is 0.0783. The van der Waals surface area contributed by atoms with E-state index in [4.69, 9.17) is 9.47 Å². The van der Waals surface area contributed by atoms with Gasteiger partial charge in [0.1, 0.15) is 11.5 Å². The predicted molar refractivity (Wildman–Crippen MR) is 77.8 cm³/mol. The van der Waals surface area contributed by atoms with Crippen molar-refractivity contribution < 1.29 is 27.4 Å². The van der Waals surface area contributed by atoms with Crippen LogP contribution < -0.4 is 9.47 Å². The van der Waals surface area contributed by atoms with E-state index >= 15 is 0 Å². The van der Waals surface area contributed by atoms with Crippen molar-refractivity contribution in [1.82, 2.24) is 4.98 Å². The monoisotopic (exact) mass is 325 g/mol. The lowest BCUT2D eigenvalue weighted by Crippen LogP contribution is -2.20. The number of benzene rings is 1. The third-order valence-electron chi connectivity index (χ3n) is 3.03. The van der Waals surface area contributed by atoms with Gasteiger partial charge in [0.25, 0.3) is 0 Å². The van der Waals surface area contributed by atoms with Crippen molar-refractivity contribution in [3.8, 4) is 22.6 Å². The molecular weight excluding hydrogens is 311 g/mol. The van der Waals surface area contributed by atoms with Gasteiger partial charge in [-0.15, -0.1) is 0 Å². The fourth-order valence-electron chi connectivity index (χ4n) is 1.96. The number of carbonyl (C=O) groups excluding carboxylic acids is 1. The Kier molecular flexibility index (Phi) is 4.88. The highest BCUT2D eigenvalue weighted by molar-refractivity contribution is 5.98. The van der Waals surface area contributed by atoms with Crippen molar-refractivity contribution in [3.05, 3.63) is 42.2 Å². The van der Waals surface area contributed by atoms with Crippen molar-refractivity contribution in [2.24, 2.45) is 0 Å². The lowest BCUT2D eigenvalue weighted by Gasteiger charge is -2.13. The lowest BCUT2D eigenvalue weighted by molar-refractivity contribution is -0.153. The summed E-state index contributed by atoms with van der Waals surface area (Å²) in [5, 5.41) is 0. The van der Waals surface area contributed by atoms with Crippen LogP contribution in [0.5, 0.6) is 11.5 Å². The van der Waals surface area contributed by atoms with Crippen LogP contribution in [-0.4, -0.2) is 30.7 Å². The third kappa shape index (κ3) is 4.45. The average molecular weight is 325 g/mol. The van der Waals surface area contributed by atoms with Gasteiger partial charge in [0.2, 0.25) is 0 Å². The number of nitrogens with zero attached hydrogens (tertiary/aromatic N) is 1. The summed E-state index contributed by atoms with van der Waals surface area (Å²) in [5.74, 6) is 0.0404. The van der Waals surface area contributed by atoms with E-state index in [1.807, 2.05) is 0 Å². The Morgan fingerprint density at radius 2 is 1.91 bits per heavy atom. The molecule has 23 heavy (non-hydrogen) atoms. The molecule has 0 amide bonds. The van der Waals surface area contributed by atoms with E-state index in [9.17, 15) is 18.0 Å². The molecule has 0 aliphatic rings. The number of halogens is 3. The minimum atomic E-state index is -4.47. The van der Waals surface area contributed by atoms with Gasteiger partial charge in [0.15, 0.2) is 12.4 Å². The van der Waals surface area contributed by atoms with Crippen LogP contribution >= 0.6 is 0 Å². The number of aromatic nitrogens is 1. The van der Waals surface area contributed by atoms with Crippen LogP contribution in [0.2, 0.25) is 0 Å². The smallest absolute Gasteiger partial charge is 0.422 e. The fraction of sp³-hybridized carbons (Fsp3) is 0.250. The van der Waals surface area contributed by atoms with Gasteiger partial charge >= 0.3 is 6.18 Å². The van der Waals surface area contributed by atoms with Gasteiger partial charge < -0.3 is 9.47 Å². The Bertz CT molecular complexity index is 714. The molecule has 0 spiro atoms. The van der Waals surface area contributed by atoms with Crippen molar-refractivity contribution >= 4 is 5.78 Å². The molecule has 0 saturated heterocycles. The second-order valence-corrected chi connectivity index (χ2v) is 4.78. The van der Waals surface area contributed by atoms with E-state index in [1.54, 1.807) is 18.3 Å². The molecule has 0 N–H and O–H groups in total. The quantitative estimate of drug-likeness (QED) is 0.782. The Hall–Kier alpha value is -2.57. The molecule has 0 bridgehead atoms. The van der Waals surface area contributed by atoms with Crippen molar-refractivity contribution in [1.29, 1.82) is 0 Å². The number of alkyl halides is 3. The maximum atomic E-state index is 12.3. The summed E-state index contributed by atoms with van der Waals surface area (Å²) in [6.07, 6.45) is -1.38. The van der Waals surface area contributed by atoms with Gasteiger partial charge in [0.05, 0.1) is 18.9 Å². The molecule has 1 aromatic carbocycles. The van der Waals surface area contributed by atoms with E-state index in [-0.39, 0.29) is 17.1 Å². The average Bonchev–Trinajstić information content (AvgIpc) is 2.52. The molecule has 122 valence electrons. The highest BCUT2D eigenvalue weighted by atomic mass is 19.4. The van der Waals surface area contributed by atoms with Gasteiger partial charge in [-0.3, -0.25) is 9.78 Å². The van der Waals surface area contributed by atoms with Crippen LogP contribution in [0.1, 0.15) is 17.3 Å². The second kappa shape index (κ2) is 6.68. The number of carbonyl (C=O) groups is 1. The molecule has 7 heteroatoms. The zero-order valence-corrected chi connectivity index (χ0v) is 12.5. The number of hydrogen-bond acceptors (Lipinski definition) is 4. The molecule has 0 saturated carbocycles. The number of hydrogen-bond donors (Lipinski definition) is 0. The molecule has 1 aromatic heterocycles. The number of Topliss-reactive ketones (excluding diaryl/α,β-unsaturated/α-hetero) is 1. The first kappa shape index (κ1) is 16.8. The second-order valence-electron chi connectivity index (χ2n) is 4.78. The summed E-state index contributed by atoms with van der Waals surface area (Å²) in [5.41, 5.74) is 1.38.